The Kier molecular flexibility index (Phi) is 5.73. The lowest BCUT2D eigenvalue weighted by Gasteiger charge is -2.42. The highest BCUT2D eigenvalue weighted by atomic mass is 16.5. The first-order valence-electron chi connectivity index (χ1n) is 6.56. The fraction of sp³-hybridized carbons (Fsp3) is 1.00. The third-order valence-electron chi connectivity index (χ3n) is 3.15. The van der Waals surface area contributed by atoms with E-state index in [0.29, 0.717) is 0 Å². The molecular formula is C13H28N2O. The summed E-state index contributed by atoms with van der Waals surface area (Å²) in [4.78, 5) is 2.55. The summed E-state index contributed by atoms with van der Waals surface area (Å²) in [5.41, 5.74) is 0.219. The first kappa shape index (κ1) is 13.9. The summed E-state index contributed by atoms with van der Waals surface area (Å²) in [6, 6.07) is 0. The second-order valence-electron chi connectivity index (χ2n) is 5.80. The molecule has 0 saturated carbocycles. The van der Waals surface area contributed by atoms with E-state index in [1.165, 1.54) is 13.0 Å². The van der Waals surface area contributed by atoms with Gasteiger partial charge in [0.25, 0.3) is 0 Å². The van der Waals surface area contributed by atoms with Crippen molar-refractivity contribution in [3.63, 3.8) is 0 Å². The second-order valence-corrected chi connectivity index (χ2v) is 5.80. The molecule has 3 heteroatoms. The van der Waals surface area contributed by atoms with Crippen LogP contribution in [0, 0.1) is 5.92 Å². The fourth-order valence-corrected chi connectivity index (χ4v) is 2.09. The molecule has 0 radical (unpaired) electrons. The van der Waals surface area contributed by atoms with Gasteiger partial charge in [-0.1, -0.05) is 13.8 Å². The minimum Gasteiger partial charge on any atom is -0.378 e. The minimum absolute atomic E-state index is 0.219. The molecule has 1 N–H and O–H groups in total. The zero-order valence-electron chi connectivity index (χ0n) is 11.4. The fourth-order valence-electron chi connectivity index (χ4n) is 2.09. The summed E-state index contributed by atoms with van der Waals surface area (Å²) in [5, 5.41) is 3.49. The van der Waals surface area contributed by atoms with E-state index in [1.54, 1.807) is 0 Å². The molecule has 16 heavy (non-hydrogen) atoms. The van der Waals surface area contributed by atoms with Crippen LogP contribution in [0.5, 0.6) is 0 Å². The molecular weight excluding hydrogens is 200 g/mol. The summed E-state index contributed by atoms with van der Waals surface area (Å²) in [5.74, 6) is 0.750. The van der Waals surface area contributed by atoms with E-state index in [9.17, 15) is 0 Å². The summed E-state index contributed by atoms with van der Waals surface area (Å²) >= 11 is 0. The largest absolute Gasteiger partial charge is 0.378 e. The molecule has 0 atom stereocenters. The van der Waals surface area contributed by atoms with Gasteiger partial charge < -0.3 is 10.1 Å². The molecule has 0 bridgehead atoms. The highest BCUT2D eigenvalue weighted by Crippen LogP contribution is 2.18. The van der Waals surface area contributed by atoms with Crippen molar-refractivity contribution >= 4 is 0 Å². The van der Waals surface area contributed by atoms with Gasteiger partial charge in [0, 0.05) is 18.6 Å². The van der Waals surface area contributed by atoms with Crippen LogP contribution in [0.1, 0.15) is 34.1 Å². The maximum absolute atomic E-state index is 5.52. The lowest BCUT2D eigenvalue weighted by Crippen LogP contribution is -2.53. The zero-order valence-corrected chi connectivity index (χ0v) is 11.4. The van der Waals surface area contributed by atoms with Gasteiger partial charge in [0.05, 0.1) is 13.2 Å². The van der Waals surface area contributed by atoms with Crippen molar-refractivity contribution in [1.29, 1.82) is 0 Å². The Labute approximate surface area is 101 Å². The molecule has 0 amide bonds. The molecule has 3 nitrogen and oxygen atoms in total. The van der Waals surface area contributed by atoms with Crippen LogP contribution < -0.4 is 5.32 Å². The minimum atomic E-state index is 0.219. The first-order valence-corrected chi connectivity index (χ1v) is 6.56. The maximum atomic E-state index is 5.52. The first-order chi connectivity index (χ1) is 7.52. The summed E-state index contributed by atoms with van der Waals surface area (Å²) in [6.45, 7) is 15.3. The van der Waals surface area contributed by atoms with Crippen molar-refractivity contribution in [2.75, 3.05) is 39.4 Å². The van der Waals surface area contributed by atoms with E-state index in [-0.39, 0.29) is 5.54 Å². The molecule has 1 saturated heterocycles. The van der Waals surface area contributed by atoms with E-state index < -0.39 is 0 Å². The number of morpholine rings is 1. The van der Waals surface area contributed by atoms with Crippen LogP contribution in [0.4, 0.5) is 0 Å². The van der Waals surface area contributed by atoms with Crippen molar-refractivity contribution < 1.29 is 4.74 Å². The van der Waals surface area contributed by atoms with Gasteiger partial charge in [0.2, 0.25) is 0 Å². The average Bonchev–Trinajstić information content (AvgIpc) is 2.19. The predicted octanol–water partition coefficient (Wildman–Crippen LogP) is 1.73. The van der Waals surface area contributed by atoms with Crippen molar-refractivity contribution in [2.45, 2.75) is 39.7 Å². The van der Waals surface area contributed by atoms with Gasteiger partial charge in [-0.2, -0.15) is 0 Å². The molecule has 96 valence electrons. The van der Waals surface area contributed by atoms with Crippen molar-refractivity contribution in [3.05, 3.63) is 0 Å². The van der Waals surface area contributed by atoms with Crippen LogP contribution >= 0.6 is 0 Å². The zero-order chi connectivity index (χ0) is 12.0. The van der Waals surface area contributed by atoms with Crippen LogP contribution in [-0.4, -0.2) is 49.8 Å². The molecule has 1 aliphatic heterocycles. The van der Waals surface area contributed by atoms with E-state index in [4.69, 9.17) is 4.74 Å². The Morgan fingerprint density at radius 1 is 1.38 bits per heavy atom. The second kappa shape index (κ2) is 6.58. The molecule has 1 heterocycles. The Morgan fingerprint density at radius 2 is 2.12 bits per heavy atom. The molecule has 1 fully saturated rings. The number of hydrogen-bond acceptors (Lipinski definition) is 3. The SMILES string of the molecule is CC(C)CNCCCN1CCOCC1(C)C. The lowest BCUT2D eigenvalue weighted by molar-refractivity contribution is -0.0510. The third kappa shape index (κ3) is 4.81. The van der Waals surface area contributed by atoms with Crippen LogP contribution in [-0.2, 0) is 4.74 Å². The van der Waals surface area contributed by atoms with Gasteiger partial charge in [-0.15, -0.1) is 0 Å². The Bertz CT molecular complexity index is 192. The van der Waals surface area contributed by atoms with Crippen LogP contribution in [0.2, 0.25) is 0 Å². The number of rotatable bonds is 6. The van der Waals surface area contributed by atoms with E-state index in [2.05, 4.69) is 37.9 Å². The number of ether oxygens (including phenoxy) is 1. The Morgan fingerprint density at radius 3 is 2.75 bits per heavy atom. The monoisotopic (exact) mass is 228 g/mol. The summed E-state index contributed by atoms with van der Waals surface area (Å²) in [6.07, 6.45) is 1.23. The van der Waals surface area contributed by atoms with Crippen LogP contribution in [0.15, 0.2) is 0 Å². The standard InChI is InChI=1S/C13H28N2O/c1-12(2)10-14-6-5-7-15-8-9-16-11-13(15,3)4/h12,14H,5-11H2,1-4H3. The normalized spacial score (nSPS) is 21.6. The Balaban J connectivity index is 2.11. The third-order valence-corrected chi connectivity index (χ3v) is 3.15. The number of hydrogen-bond donors (Lipinski definition) is 1. The van der Waals surface area contributed by atoms with Gasteiger partial charge in [-0.25, -0.2) is 0 Å². The Hall–Kier alpha value is -0.120. The molecule has 0 aromatic rings. The number of nitrogens with zero attached hydrogens (tertiary/aromatic N) is 1. The smallest absolute Gasteiger partial charge is 0.0645 e. The van der Waals surface area contributed by atoms with E-state index in [0.717, 1.165) is 38.8 Å². The highest BCUT2D eigenvalue weighted by molar-refractivity contribution is 4.84. The molecule has 1 aliphatic rings. The van der Waals surface area contributed by atoms with E-state index >= 15 is 0 Å². The molecule has 0 aromatic carbocycles. The molecule has 0 aliphatic carbocycles. The topological polar surface area (TPSA) is 24.5 Å². The highest BCUT2D eigenvalue weighted by Gasteiger charge is 2.29. The van der Waals surface area contributed by atoms with Crippen molar-refractivity contribution in [2.24, 2.45) is 5.92 Å². The summed E-state index contributed by atoms with van der Waals surface area (Å²) < 4.78 is 5.52. The predicted molar refractivity (Wildman–Crippen MR) is 68.8 cm³/mol. The summed E-state index contributed by atoms with van der Waals surface area (Å²) in [7, 11) is 0. The number of nitrogens with one attached hydrogen (secondary N) is 1. The van der Waals surface area contributed by atoms with Gasteiger partial charge in [-0.05, 0) is 39.3 Å². The van der Waals surface area contributed by atoms with Gasteiger partial charge in [0.15, 0.2) is 0 Å². The van der Waals surface area contributed by atoms with Gasteiger partial charge in [-0.3, -0.25) is 4.90 Å². The quantitative estimate of drug-likeness (QED) is 0.701. The molecule has 0 aromatic heterocycles. The molecule has 0 spiro atoms. The average molecular weight is 228 g/mol. The van der Waals surface area contributed by atoms with Crippen LogP contribution in [0.3, 0.4) is 0 Å². The molecule has 0 unspecified atom stereocenters. The van der Waals surface area contributed by atoms with Gasteiger partial charge in [0.1, 0.15) is 0 Å². The van der Waals surface area contributed by atoms with Gasteiger partial charge >= 0.3 is 0 Å². The maximum Gasteiger partial charge on any atom is 0.0645 e. The van der Waals surface area contributed by atoms with Crippen LogP contribution in [0.25, 0.3) is 0 Å². The van der Waals surface area contributed by atoms with Crippen molar-refractivity contribution in [3.8, 4) is 0 Å². The lowest BCUT2D eigenvalue weighted by atomic mass is 10.0. The van der Waals surface area contributed by atoms with Crippen molar-refractivity contribution in [1.82, 2.24) is 10.2 Å². The molecule has 1 rings (SSSR count). The van der Waals surface area contributed by atoms with E-state index in [1.807, 2.05) is 0 Å².